The standard InChI is InChI=1S/C27H41NO6/c1-14-12-15(2)27-18(13-20(32-5)26(31)33-24(14)17(4)29)8-9-19-21(27)23(30)16(3)22(25(19)34-27)28-10-6-7-11-28/h8-9,12,14,16-25,29-30H,6-7,10-11,13H2,1-5H3/b15-12+/t14-,16+,17-,18-,19-,20+,21+,22+,23-,24+,25-,27+/m1/s1. The molecule has 0 amide bonds. The average molecular weight is 476 g/mol. The number of nitrogens with zero attached hydrogens (tertiary/aromatic N) is 1. The minimum absolute atomic E-state index is 0.00450. The Morgan fingerprint density at radius 3 is 2.59 bits per heavy atom. The first-order valence-electron chi connectivity index (χ1n) is 13.1. The second-order valence-corrected chi connectivity index (χ2v) is 11.4. The van der Waals surface area contributed by atoms with E-state index in [2.05, 4.69) is 37.0 Å². The monoisotopic (exact) mass is 475 g/mol. The third-order valence-electron chi connectivity index (χ3n) is 9.47. The summed E-state index contributed by atoms with van der Waals surface area (Å²) in [6, 6.07) is 0.176. The van der Waals surface area contributed by atoms with Crippen LogP contribution in [0.1, 0.15) is 47.0 Å². The van der Waals surface area contributed by atoms with Crippen LogP contribution in [0.5, 0.6) is 0 Å². The highest BCUT2D eigenvalue weighted by Crippen LogP contribution is 2.61. The first-order valence-corrected chi connectivity index (χ1v) is 13.1. The SMILES string of the molecule is CO[C@H]1C[C@H]2C=C[C@H]3[C@H]4O[C@]2(/C(C)=C/[C@@H](C)[C@@H]([C@@H](C)O)OC1=O)[C@@H]3[C@H](O)[C@@H](C)[C@@H]4N1CCCC1. The van der Waals surface area contributed by atoms with Crippen molar-refractivity contribution in [1.82, 2.24) is 4.90 Å². The Hall–Kier alpha value is -1.25. The summed E-state index contributed by atoms with van der Waals surface area (Å²) in [6.07, 6.45) is 6.56. The molecule has 1 saturated carbocycles. The second-order valence-electron chi connectivity index (χ2n) is 11.4. The number of hydrogen-bond acceptors (Lipinski definition) is 7. The summed E-state index contributed by atoms with van der Waals surface area (Å²) in [5.74, 6) is -0.638. The van der Waals surface area contributed by atoms with Crippen LogP contribution in [-0.2, 0) is 19.0 Å². The average Bonchev–Trinajstić information content (AvgIpc) is 3.38. The van der Waals surface area contributed by atoms with Crippen molar-refractivity contribution in [3.05, 3.63) is 23.8 Å². The van der Waals surface area contributed by atoms with Crippen LogP contribution in [0.3, 0.4) is 0 Å². The Labute approximate surface area is 203 Å². The molecule has 3 fully saturated rings. The Balaban J connectivity index is 1.62. The van der Waals surface area contributed by atoms with Gasteiger partial charge >= 0.3 is 5.97 Å². The highest BCUT2D eigenvalue weighted by Gasteiger charge is 2.68. The molecule has 5 rings (SSSR count). The van der Waals surface area contributed by atoms with Crippen molar-refractivity contribution in [2.75, 3.05) is 20.2 Å². The first kappa shape index (κ1) is 24.4. The third kappa shape index (κ3) is 3.53. The Morgan fingerprint density at radius 2 is 1.94 bits per heavy atom. The van der Waals surface area contributed by atoms with E-state index < -0.39 is 36.0 Å². The number of ether oxygens (including phenoxy) is 3. The van der Waals surface area contributed by atoms with Crippen LogP contribution in [0.4, 0.5) is 0 Å². The number of methoxy groups -OCH3 is 1. The molecule has 0 radical (unpaired) electrons. The van der Waals surface area contributed by atoms with Crippen molar-refractivity contribution in [3.63, 3.8) is 0 Å². The lowest BCUT2D eigenvalue weighted by molar-refractivity contribution is -0.172. The Morgan fingerprint density at radius 1 is 1.24 bits per heavy atom. The molecule has 5 aliphatic rings. The fourth-order valence-corrected chi connectivity index (χ4v) is 7.92. The Bertz CT molecular complexity index is 850. The zero-order valence-corrected chi connectivity index (χ0v) is 21.1. The summed E-state index contributed by atoms with van der Waals surface area (Å²) < 4.78 is 18.5. The maximum atomic E-state index is 13.1. The lowest BCUT2D eigenvalue weighted by Crippen LogP contribution is -2.59. The molecular formula is C27H41NO6. The first-order chi connectivity index (χ1) is 16.2. The number of cyclic esters (lactones) is 1. The van der Waals surface area contributed by atoms with Crippen LogP contribution in [0.15, 0.2) is 23.8 Å². The van der Waals surface area contributed by atoms with E-state index in [1.165, 1.54) is 20.0 Å². The lowest BCUT2D eigenvalue weighted by Gasteiger charge is -2.50. The number of aliphatic hydroxyl groups excluding tert-OH is 2. The molecule has 0 unspecified atom stereocenters. The van der Waals surface area contributed by atoms with Gasteiger partial charge in [-0.25, -0.2) is 4.79 Å². The van der Waals surface area contributed by atoms with Gasteiger partial charge in [0.25, 0.3) is 0 Å². The van der Waals surface area contributed by atoms with Crippen LogP contribution in [0, 0.1) is 29.6 Å². The highest BCUT2D eigenvalue weighted by molar-refractivity contribution is 5.75. The van der Waals surface area contributed by atoms with E-state index in [4.69, 9.17) is 14.2 Å². The van der Waals surface area contributed by atoms with Crippen LogP contribution < -0.4 is 0 Å². The number of carbonyl (C=O) groups excluding carboxylic acids is 1. The van der Waals surface area contributed by atoms with Gasteiger partial charge in [0.15, 0.2) is 6.10 Å². The summed E-state index contributed by atoms with van der Waals surface area (Å²) >= 11 is 0. The molecule has 7 nitrogen and oxygen atoms in total. The highest BCUT2D eigenvalue weighted by atomic mass is 16.6. The van der Waals surface area contributed by atoms with Gasteiger partial charge in [0.2, 0.25) is 0 Å². The summed E-state index contributed by atoms with van der Waals surface area (Å²) in [6.45, 7) is 9.99. The topological polar surface area (TPSA) is 88.5 Å². The molecule has 2 aliphatic carbocycles. The van der Waals surface area contributed by atoms with Crippen LogP contribution in [-0.4, -0.2) is 83.4 Å². The van der Waals surface area contributed by atoms with Crippen molar-refractivity contribution < 1.29 is 29.2 Å². The van der Waals surface area contributed by atoms with E-state index in [-0.39, 0.29) is 41.7 Å². The molecule has 7 heteroatoms. The van der Waals surface area contributed by atoms with Gasteiger partial charge in [0.1, 0.15) is 11.7 Å². The molecule has 0 aromatic rings. The minimum atomic E-state index is -0.818. The van der Waals surface area contributed by atoms with E-state index >= 15 is 0 Å². The molecule has 190 valence electrons. The summed E-state index contributed by atoms with van der Waals surface area (Å²) in [5.41, 5.74) is 0.344. The van der Waals surface area contributed by atoms with Gasteiger partial charge in [-0.15, -0.1) is 0 Å². The molecular weight excluding hydrogens is 434 g/mol. The molecule has 0 aromatic carbocycles. The number of carbonyl (C=O) groups is 1. The zero-order chi connectivity index (χ0) is 24.4. The van der Waals surface area contributed by atoms with Crippen molar-refractivity contribution >= 4 is 5.97 Å². The lowest BCUT2D eigenvalue weighted by atomic mass is 9.57. The van der Waals surface area contributed by atoms with Crippen molar-refractivity contribution in [2.45, 2.75) is 89.1 Å². The molecule has 3 aliphatic heterocycles. The molecule has 2 N–H and O–H groups in total. The summed E-state index contributed by atoms with van der Waals surface area (Å²) in [7, 11) is 1.53. The molecule has 3 heterocycles. The maximum absolute atomic E-state index is 13.1. The molecule has 34 heavy (non-hydrogen) atoms. The van der Waals surface area contributed by atoms with E-state index in [1.807, 2.05) is 6.92 Å². The van der Waals surface area contributed by atoms with Crippen molar-refractivity contribution in [3.8, 4) is 0 Å². The molecule has 0 aromatic heterocycles. The van der Waals surface area contributed by atoms with E-state index in [0.717, 1.165) is 18.7 Å². The number of esters is 1. The third-order valence-corrected chi connectivity index (χ3v) is 9.47. The van der Waals surface area contributed by atoms with Gasteiger partial charge in [-0.2, -0.15) is 0 Å². The quantitative estimate of drug-likeness (QED) is 0.478. The number of hydrogen-bond donors (Lipinski definition) is 2. The predicted molar refractivity (Wildman–Crippen MR) is 127 cm³/mol. The molecule has 12 atom stereocenters. The van der Waals surface area contributed by atoms with Crippen LogP contribution in [0.2, 0.25) is 0 Å². The maximum Gasteiger partial charge on any atom is 0.335 e. The normalized spacial score (nSPS) is 51.4. The Kier molecular flexibility index (Phi) is 6.47. The van der Waals surface area contributed by atoms with Gasteiger partial charge < -0.3 is 24.4 Å². The predicted octanol–water partition coefficient (Wildman–Crippen LogP) is 2.31. The van der Waals surface area contributed by atoms with Crippen molar-refractivity contribution in [2.24, 2.45) is 29.6 Å². The molecule has 4 bridgehead atoms. The smallest absolute Gasteiger partial charge is 0.335 e. The summed E-state index contributed by atoms with van der Waals surface area (Å²) in [5, 5.41) is 22.2. The van der Waals surface area contributed by atoms with Crippen LogP contribution >= 0.6 is 0 Å². The minimum Gasteiger partial charge on any atom is -0.457 e. The van der Waals surface area contributed by atoms with Gasteiger partial charge in [-0.1, -0.05) is 32.1 Å². The van der Waals surface area contributed by atoms with E-state index in [0.29, 0.717) is 6.42 Å². The fraction of sp³-hybridized carbons (Fsp3) is 0.815. The van der Waals surface area contributed by atoms with E-state index in [1.54, 1.807) is 6.92 Å². The van der Waals surface area contributed by atoms with Crippen molar-refractivity contribution in [1.29, 1.82) is 0 Å². The van der Waals surface area contributed by atoms with E-state index in [9.17, 15) is 15.0 Å². The zero-order valence-electron chi connectivity index (χ0n) is 21.1. The fourth-order valence-electron chi connectivity index (χ4n) is 7.92. The molecule has 2 saturated heterocycles. The van der Waals surface area contributed by atoms with Gasteiger partial charge in [-0.05, 0) is 51.8 Å². The molecule has 1 spiro atoms. The summed E-state index contributed by atoms with van der Waals surface area (Å²) in [4.78, 5) is 15.6. The van der Waals surface area contributed by atoms with Gasteiger partial charge in [0.05, 0.1) is 18.3 Å². The number of likely N-dealkylation sites (tertiary alicyclic amines) is 1. The van der Waals surface area contributed by atoms with Gasteiger partial charge in [0, 0.05) is 42.7 Å². The second kappa shape index (κ2) is 9.00. The number of rotatable bonds is 3. The number of aliphatic hydroxyl groups is 2. The largest absolute Gasteiger partial charge is 0.457 e. The van der Waals surface area contributed by atoms with Gasteiger partial charge in [-0.3, -0.25) is 4.90 Å². The van der Waals surface area contributed by atoms with Crippen LogP contribution in [0.25, 0.3) is 0 Å².